The number of nitrogen functional groups attached to an aromatic ring is 1. The molecule has 0 amide bonds. The van der Waals surface area contributed by atoms with Crippen molar-refractivity contribution in [2.24, 2.45) is 5.92 Å². The van der Waals surface area contributed by atoms with Crippen molar-refractivity contribution in [2.75, 3.05) is 18.6 Å². The highest BCUT2D eigenvalue weighted by Gasteiger charge is 2.06. The SMILES string of the molecule is COc1ccc2cc(CSCC(C)C)c(N)nc2c1. The van der Waals surface area contributed by atoms with Crippen molar-refractivity contribution in [1.82, 2.24) is 4.98 Å². The van der Waals surface area contributed by atoms with Crippen LogP contribution >= 0.6 is 11.8 Å². The average Bonchev–Trinajstić information content (AvgIpc) is 2.38. The molecule has 2 rings (SSSR count). The monoisotopic (exact) mass is 276 g/mol. The van der Waals surface area contributed by atoms with Crippen LogP contribution in [0.2, 0.25) is 0 Å². The molecule has 0 fully saturated rings. The van der Waals surface area contributed by atoms with E-state index in [2.05, 4.69) is 24.9 Å². The van der Waals surface area contributed by atoms with E-state index in [0.29, 0.717) is 11.7 Å². The number of anilines is 1. The highest BCUT2D eigenvalue weighted by atomic mass is 32.2. The maximum atomic E-state index is 6.03. The highest BCUT2D eigenvalue weighted by Crippen LogP contribution is 2.25. The smallest absolute Gasteiger partial charge is 0.128 e. The molecule has 0 spiro atoms. The van der Waals surface area contributed by atoms with Crippen LogP contribution in [0.3, 0.4) is 0 Å². The summed E-state index contributed by atoms with van der Waals surface area (Å²) in [6, 6.07) is 8.02. The van der Waals surface area contributed by atoms with Crippen LogP contribution in [0.15, 0.2) is 24.3 Å². The van der Waals surface area contributed by atoms with Gasteiger partial charge in [0.2, 0.25) is 0 Å². The van der Waals surface area contributed by atoms with Crippen molar-refractivity contribution < 1.29 is 4.74 Å². The molecule has 0 saturated heterocycles. The van der Waals surface area contributed by atoms with E-state index in [9.17, 15) is 0 Å². The summed E-state index contributed by atoms with van der Waals surface area (Å²) in [5, 5.41) is 1.11. The third-order valence-electron chi connectivity index (χ3n) is 2.85. The first-order chi connectivity index (χ1) is 9.10. The van der Waals surface area contributed by atoms with E-state index in [1.165, 1.54) is 0 Å². The van der Waals surface area contributed by atoms with Crippen molar-refractivity contribution in [2.45, 2.75) is 19.6 Å². The molecule has 2 N–H and O–H groups in total. The zero-order valence-electron chi connectivity index (χ0n) is 11.6. The van der Waals surface area contributed by atoms with Gasteiger partial charge in [-0.1, -0.05) is 13.8 Å². The van der Waals surface area contributed by atoms with Crippen LogP contribution < -0.4 is 10.5 Å². The number of aromatic nitrogens is 1. The van der Waals surface area contributed by atoms with Gasteiger partial charge >= 0.3 is 0 Å². The number of rotatable bonds is 5. The van der Waals surface area contributed by atoms with Gasteiger partial charge in [-0.2, -0.15) is 11.8 Å². The lowest BCUT2D eigenvalue weighted by Crippen LogP contribution is -1.99. The number of hydrogen-bond acceptors (Lipinski definition) is 4. The Morgan fingerprint density at radius 1 is 1.32 bits per heavy atom. The van der Waals surface area contributed by atoms with Gasteiger partial charge in [0.05, 0.1) is 12.6 Å². The van der Waals surface area contributed by atoms with Gasteiger partial charge < -0.3 is 10.5 Å². The molecule has 0 aliphatic rings. The first-order valence-electron chi connectivity index (χ1n) is 6.41. The van der Waals surface area contributed by atoms with Crippen molar-refractivity contribution in [1.29, 1.82) is 0 Å². The molecule has 0 saturated carbocycles. The topological polar surface area (TPSA) is 48.1 Å². The normalized spacial score (nSPS) is 11.2. The number of ether oxygens (including phenoxy) is 1. The standard InChI is InChI=1S/C15H20N2OS/c1-10(2)8-19-9-12-6-11-4-5-13(18-3)7-14(11)17-15(12)16/h4-7,10H,8-9H2,1-3H3,(H2,16,17). The number of methoxy groups -OCH3 is 1. The minimum absolute atomic E-state index is 0.622. The van der Waals surface area contributed by atoms with Gasteiger partial charge in [0, 0.05) is 22.8 Å². The summed E-state index contributed by atoms with van der Waals surface area (Å²) in [5.74, 6) is 4.18. The fourth-order valence-corrected chi connectivity index (χ4v) is 2.89. The second-order valence-electron chi connectivity index (χ2n) is 5.00. The van der Waals surface area contributed by atoms with Gasteiger partial charge in [0.1, 0.15) is 11.6 Å². The quantitative estimate of drug-likeness (QED) is 0.904. The Kier molecular flexibility index (Phi) is 4.53. The lowest BCUT2D eigenvalue weighted by molar-refractivity contribution is 0.415. The summed E-state index contributed by atoms with van der Waals surface area (Å²) in [6.45, 7) is 4.45. The third-order valence-corrected chi connectivity index (χ3v) is 4.26. The summed E-state index contributed by atoms with van der Waals surface area (Å²) in [7, 11) is 1.65. The molecule has 0 unspecified atom stereocenters. The first kappa shape index (κ1) is 14.0. The van der Waals surface area contributed by atoms with E-state index in [-0.39, 0.29) is 0 Å². The summed E-state index contributed by atoms with van der Waals surface area (Å²) < 4.78 is 5.20. The molecule has 0 atom stereocenters. The zero-order chi connectivity index (χ0) is 13.8. The molecule has 0 aliphatic heterocycles. The van der Waals surface area contributed by atoms with Crippen molar-refractivity contribution in [3.63, 3.8) is 0 Å². The number of hydrogen-bond donors (Lipinski definition) is 1. The molecule has 0 radical (unpaired) electrons. The fourth-order valence-electron chi connectivity index (χ4n) is 1.85. The molecular formula is C15H20N2OS. The average molecular weight is 276 g/mol. The molecule has 0 bridgehead atoms. The van der Waals surface area contributed by atoms with Crippen LogP contribution in [0.5, 0.6) is 5.75 Å². The summed E-state index contributed by atoms with van der Waals surface area (Å²) >= 11 is 1.90. The lowest BCUT2D eigenvalue weighted by atomic mass is 10.1. The minimum Gasteiger partial charge on any atom is -0.497 e. The summed E-state index contributed by atoms with van der Waals surface area (Å²) in [5.41, 5.74) is 8.03. The Balaban J connectivity index is 2.23. The van der Waals surface area contributed by atoms with E-state index >= 15 is 0 Å². The lowest BCUT2D eigenvalue weighted by Gasteiger charge is -2.09. The summed E-state index contributed by atoms with van der Waals surface area (Å²) in [4.78, 5) is 4.47. The van der Waals surface area contributed by atoms with Gasteiger partial charge in [-0.25, -0.2) is 4.98 Å². The molecule has 3 nitrogen and oxygen atoms in total. The maximum absolute atomic E-state index is 6.03. The van der Waals surface area contributed by atoms with Crippen molar-refractivity contribution in [3.8, 4) is 5.75 Å². The highest BCUT2D eigenvalue weighted by molar-refractivity contribution is 7.98. The van der Waals surface area contributed by atoms with Gasteiger partial charge in [0.25, 0.3) is 0 Å². The van der Waals surface area contributed by atoms with Gasteiger partial charge in [0.15, 0.2) is 0 Å². The Morgan fingerprint density at radius 2 is 2.11 bits per heavy atom. The third kappa shape index (κ3) is 3.53. The number of thioether (sulfide) groups is 1. The molecular weight excluding hydrogens is 256 g/mol. The van der Waals surface area contributed by atoms with Crippen LogP contribution in [0.25, 0.3) is 10.9 Å². The minimum atomic E-state index is 0.622. The molecule has 2 aromatic rings. The molecule has 0 aliphatic carbocycles. The number of benzene rings is 1. The second kappa shape index (κ2) is 6.15. The van der Waals surface area contributed by atoms with Crippen LogP contribution in [-0.4, -0.2) is 17.8 Å². The van der Waals surface area contributed by atoms with E-state index < -0.39 is 0 Å². The van der Waals surface area contributed by atoms with E-state index in [1.807, 2.05) is 30.0 Å². The molecule has 1 aromatic heterocycles. The predicted octanol–water partition coefficient (Wildman–Crippen LogP) is 3.71. The second-order valence-corrected chi connectivity index (χ2v) is 6.03. The Labute approximate surface area is 118 Å². The number of nitrogens with two attached hydrogens (primary N) is 1. The fraction of sp³-hybridized carbons (Fsp3) is 0.400. The predicted molar refractivity (Wildman–Crippen MR) is 83.7 cm³/mol. The Morgan fingerprint density at radius 3 is 2.79 bits per heavy atom. The molecule has 4 heteroatoms. The van der Waals surface area contributed by atoms with Gasteiger partial charge in [-0.3, -0.25) is 0 Å². The van der Waals surface area contributed by atoms with Gasteiger partial charge in [-0.05, 0) is 29.9 Å². The largest absolute Gasteiger partial charge is 0.497 e. The number of fused-ring (bicyclic) bond motifs is 1. The van der Waals surface area contributed by atoms with Crippen molar-refractivity contribution in [3.05, 3.63) is 29.8 Å². The number of nitrogens with zero attached hydrogens (tertiary/aromatic N) is 1. The van der Waals surface area contributed by atoms with E-state index in [1.54, 1.807) is 7.11 Å². The summed E-state index contributed by atoms with van der Waals surface area (Å²) in [6.07, 6.45) is 0. The van der Waals surface area contributed by atoms with Gasteiger partial charge in [-0.15, -0.1) is 0 Å². The molecule has 1 aromatic carbocycles. The van der Waals surface area contributed by atoms with Crippen LogP contribution in [-0.2, 0) is 5.75 Å². The Bertz CT molecular complexity index is 569. The zero-order valence-corrected chi connectivity index (χ0v) is 12.5. The first-order valence-corrected chi connectivity index (χ1v) is 7.56. The van der Waals surface area contributed by atoms with Crippen molar-refractivity contribution >= 4 is 28.5 Å². The Hall–Kier alpha value is -1.42. The molecule has 19 heavy (non-hydrogen) atoms. The van der Waals surface area contributed by atoms with Crippen LogP contribution in [0.4, 0.5) is 5.82 Å². The van der Waals surface area contributed by atoms with E-state index in [0.717, 1.165) is 33.7 Å². The van der Waals surface area contributed by atoms with Crippen LogP contribution in [0.1, 0.15) is 19.4 Å². The molecule has 102 valence electrons. The van der Waals surface area contributed by atoms with Crippen LogP contribution in [0, 0.1) is 5.92 Å². The van der Waals surface area contributed by atoms with E-state index in [4.69, 9.17) is 10.5 Å². The number of pyridine rings is 1. The molecule has 1 heterocycles. The maximum Gasteiger partial charge on any atom is 0.128 e.